The molecule has 15 heteroatoms. The maximum atomic E-state index is 14.2. The standard InChI is InChI=1S/C33H55N9O6/c1-6-10-23(29(44)32(47)34-21-15-16-21)35-31(46)28-22-12-9-11-20(22)17-42(28)33(48)27(19(4)5)37-30(45)26(18(2)3)36-25(43)14-8-7-13-24-38-40-41-39-24/h18-23,26-28,40-41H,6-17H2,1-5H3,(H,34,47)(H,35,46)(H,36,43)(H,37,45)(H,38,39)/t20-,22-,23?,26-,27-,28-/m0/s1. The molecule has 6 atom stereocenters. The molecule has 0 radical (unpaired) electrons. The van der Waals surface area contributed by atoms with E-state index in [-0.39, 0.29) is 47.9 Å². The van der Waals surface area contributed by atoms with Crippen molar-refractivity contribution >= 4 is 41.2 Å². The predicted octanol–water partition coefficient (Wildman–Crippen LogP) is 0.514. The van der Waals surface area contributed by atoms with E-state index in [1.807, 2.05) is 34.6 Å². The number of amidine groups is 1. The van der Waals surface area contributed by atoms with E-state index in [0.717, 1.165) is 44.4 Å². The summed E-state index contributed by atoms with van der Waals surface area (Å²) < 4.78 is 0. The minimum absolute atomic E-state index is 0.0178. The van der Waals surface area contributed by atoms with Crippen LogP contribution in [0.4, 0.5) is 0 Å². The molecule has 4 rings (SSSR count). The van der Waals surface area contributed by atoms with Crippen LogP contribution in [0.15, 0.2) is 5.10 Å². The summed E-state index contributed by atoms with van der Waals surface area (Å²) in [6.07, 6.45) is 7.46. The number of hydrogen-bond donors (Lipinski definition) is 7. The summed E-state index contributed by atoms with van der Waals surface area (Å²) in [5, 5.41) is 15.3. The second-order valence-corrected chi connectivity index (χ2v) is 14.4. The summed E-state index contributed by atoms with van der Waals surface area (Å²) in [6.45, 7) is 9.60. The lowest BCUT2D eigenvalue weighted by Gasteiger charge is -2.34. The molecule has 0 bridgehead atoms. The fraction of sp³-hybridized carbons (Fsp3) is 0.788. The van der Waals surface area contributed by atoms with Crippen molar-refractivity contribution in [1.29, 1.82) is 0 Å². The third kappa shape index (κ3) is 9.66. The highest BCUT2D eigenvalue weighted by Gasteiger charge is 2.51. The van der Waals surface area contributed by atoms with Crippen LogP contribution in [0.5, 0.6) is 0 Å². The SMILES string of the molecule is CCCC(NC(=O)[C@@H]1[C@H]2CCC[C@H]2CN1C(=O)[C@@H](NC(=O)[C@@H](NC(=O)CCCCC1=NNNN1)C(C)C)C(C)C)C(=O)C(=O)NC1CC1. The number of hydrazine groups is 2. The Morgan fingerprint density at radius 2 is 1.65 bits per heavy atom. The van der Waals surface area contributed by atoms with Gasteiger partial charge in [-0.3, -0.25) is 34.2 Å². The van der Waals surface area contributed by atoms with Crippen molar-refractivity contribution in [1.82, 2.24) is 42.7 Å². The van der Waals surface area contributed by atoms with Crippen LogP contribution in [0.1, 0.15) is 105 Å². The predicted molar refractivity (Wildman–Crippen MR) is 178 cm³/mol. The molecule has 2 aliphatic carbocycles. The number of carbonyl (C=O) groups excluding carboxylic acids is 6. The fourth-order valence-corrected chi connectivity index (χ4v) is 6.96. The highest BCUT2D eigenvalue weighted by molar-refractivity contribution is 6.38. The minimum atomic E-state index is -0.975. The molecule has 2 heterocycles. The maximum Gasteiger partial charge on any atom is 0.289 e. The Morgan fingerprint density at radius 1 is 0.917 bits per heavy atom. The van der Waals surface area contributed by atoms with Crippen LogP contribution < -0.4 is 37.8 Å². The molecule has 4 aliphatic rings. The van der Waals surface area contributed by atoms with Crippen LogP contribution in [-0.2, 0) is 28.8 Å². The molecule has 5 amide bonds. The molecule has 2 saturated carbocycles. The average Bonchev–Trinajstić information content (AvgIpc) is 3.38. The molecule has 0 aromatic heterocycles. The van der Waals surface area contributed by atoms with Crippen molar-refractivity contribution in [2.45, 2.75) is 135 Å². The van der Waals surface area contributed by atoms with Gasteiger partial charge in [0, 0.05) is 25.4 Å². The fourth-order valence-electron chi connectivity index (χ4n) is 6.96. The third-order valence-corrected chi connectivity index (χ3v) is 9.81. The second-order valence-electron chi connectivity index (χ2n) is 14.4. The van der Waals surface area contributed by atoms with Crippen molar-refractivity contribution in [3.05, 3.63) is 0 Å². The summed E-state index contributed by atoms with van der Waals surface area (Å²) in [5.41, 5.74) is 8.13. The lowest BCUT2D eigenvalue weighted by Crippen LogP contribution is -2.60. The van der Waals surface area contributed by atoms with Crippen molar-refractivity contribution in [2.75, 3.05) is 6.54 Å². The van der Waals surface area contributed by atoms with E-state index in [1.165, 1.54) is 0 Å². The van der Waals surface area contributed by atoms with Crippen LogP contribution >= 0.6 is 0 Å². The number of ketones is 1. The number of rotatable bonds is 18. The number of hydrogen-bond acceptors (Lipinski definition) is 10. The highest BCUT2D eigenvalue weighted by Crippen LogP contribution is 2.42. The Morgan fingerprint density at radius 3 is 2.27 bits per heavy atom. The molecule has 1 unspecified atom stereocenters. The zero-order valence-corrected chi connectivity index (χ0v) is 29.0. The average molecular weight is 674 g/mol. The van der Waals surface area contributed by atoms with E-state index < -0.39 is 47.7 Å². The van der Waals surface area contributed by atoms with Crippen LogP contribution in [0.25, 0.3) is 0 Å². The van der Waals surface area contributed by atoms with Crippen molar-refractivity contribution in [3.63, 3.8) is 0 Å². The van der Waals surface area contributed by atoms with Gasteiger partial charge >= 0.3 is 0 Å². The van der Waals surface area contributed by atoms with Gasteiger partial charge in [0.1, 0.15) is 24.0 Å². The zero-order chi connectivity index (χ0) is 35.0. The summed E-state index contributed by atoms with van der Waals surface area (Å²) >= 11 is 0. The van der Waals surface area contributed by atoms with Gasteiger partial charge in [0.15, 0.2) is 0 Å². The maximum absolute atomic E-state index is 14.2. The third-order valence-electron chi connectivity index (χ3n) is 9.81. The molecule has 1 saturated heterocycles. The number of nitrogens with one attached hydrogen (secondary N) is 7. The van der Waals surface area contributed by atoms with E-state index in [9.17, 15) is 28.8 Å². The molecular weight excluding hydrogens is 618 g/mol. The number of carbonyl (C=O) groups is 6. The van der Waals surface area contributed by atoms with Crippen LogP contribution in [0.3, 0.4) is 0 Å². The van der Waals surface area contributed by atoms with E-state index in [0.29, 0.717) is 32.2 Å². The van der Waals surface area contributed by atoms with Crippen molar-refractivity contribution < 1.29 is 28.8 Å². The molecule has 0 aromatic rings. The first-order chi connectivity index (χ1) is 22.9. The van der Waals surface area contributed by atoms with Gasteiger partial charge in [0.25, 0.3) is 5.91 Å². The highest BCUT2D eigenvalue weighted by atomic mass is 16.2. The molecule has 0 spiro atoms. The Bertz CT molecular complexity index is 1240. The van der Waals surface area contributed by atoms with Gasteiger partial charge in [-0.1, -0.05) is 47.5 Å². The Kier molecular flexibility index (Phi) is 13.2. The summed E-state index contributed by atoms with van der Waals surface area (Å²) in [6, 6.07) is -3.54. The normalized spacial score (nSPS) is 23.4. The van der Waals surface area contributed by atoms with E-state index in [4.69, 9.17) is 0 Å². The van der Waals surface area contributed by atoms with Crippen molar-refractivity contribution in [2.24, 2.45) is 28.8 Å². The molecule has 48 heavy (non-hydrogen) atoms. The number of amides is 5. The molecule has 268 valence electrons. The largest absolute Gasteiger partial charge is 0.347 e. The van der Waals surface area contributed by atoms with E-state index in [2.05, 4.69) is 42.9 Å². The minimum Gasteiger partial charge on any atom is -0.347 e. The molecule has 7 N–H and O–H groups in total. The Hall–Kier alpha value is -3.75. The molecule has 2 aliphatic heterocycles. The van der Waals surface area contributed by atoms with Crippen LogP contribution in [-0.4, -0.2) is 82.8 Å². The van der Waals surface area contributed by atoms with Gasteiger partial charge in [-0.25, -0.2) is 5.53 Å². The number of hydrazone groups is 1. The second kappa shape index (κ2) is 17.1. The first-order valence-corrected chi connectivity index (χ1v) is 17.8. The van der Waals surface area contributed by atoms with Gasteiger partial charge in [-0.05, 0) is 68.6 Å². The van der Waals surface area contributed by atoms with Gasteiger partial charge in [-0.15, -0.1) is 10.6 Å². The molecule has 3 fully saturated rings. The van der Waals surface area contributed by atoms with Gasteiger partial charge in [0.05, 0.1) is 6.04 Å². The first kappa shape index (κ1) is 37.1. The lowest BCUT2D eigenvalue weighted by molar-refractivity contribution is -0.145. The van der Waals surface area contributed by atoms with E-state index in [1.54, 1.807) is 4.90 Å². The first-order valence-electron chi connectivity index (χ1n) is 17.8. The number of likely N-dealkylation sites (tertiary alicyclic amines) is 1. The topological polar surface area (TPSA) is 202 Å². The zero-order valence-electron chi connectivity index (χ0n) is 29.0. The Labute approximate surface area is 283 Å². The van der Waals surface area contributed by atoms with Crippen molar-refractivity contribution in [3.8, 4) is 0 Å². The lowest BCUT2D eigenvalue weighted by atomic mass is 9.92. The van der Waals surface area contributed by atoms with Crippen LogP contribution in [0.2, 0.25) is 0 Å². The van der Waals surface area contributed by atoms with Gasteiger partial charge < -0.3 is 26.2 Å². The Balaban J connectivity index is 1.40. The van der Waals surface area contributed by atoms with E-state index >= 15 is 0 Å². The summed E-state index contributed by atoms with van der Waals surface area (Å²) in [4.78, 5) is 81.8. The quantitative estimate of drug-likeness (QED) is 0.0800. The summed E-state index contributed by atoms with van der Waals surface area (Å²) in [7, 11) is 0. The number of nitrogens with zero attached hydrogens (tertiary/aromatic N) is 2. The number of fused-ring (bicyclic) bond motifs is 1. The van der Waals surface area contributed by atoms with Crippen LogP contribution in [0, 0.1) is 23.7 Å². The molecule has 15 nitrogen and oxygen atoms in total. The monoisotopic (exact) mass is 673 g/mol. The molecular formula is C33H55N9O6. The molecule has 0 aromatic carbocycles. The smallest absolute Gasteiger partial charge is 0.289 e. The van der Waals surface area contributed by atoms with Gasteiger partial charge in [-0.2, -0.15) is 0 Å². The van der Waals surface area contributed by atoms with Gasteiger partial charge in [0.2, 0.25) is 29.4 Å². The number of unbranched alkanes of at least 4 members (excludes halogenated alkanes) is 1. The number of Topliss-reactive ketones (excluding diaryl/α,β-unsaturated/α-hetero) is 1. The summed E-state index contributed by atoms with van der Waals surface area (Å²) in [5.74, 6) is -2.57.